The lowest BCUT2D eigenvalue weighted by molar-refractivity contribution is 0.294. The van der Waals surface area contributed by atoms with Crippen molar-refractivity contribution < 1.29 is 9.47 Å². The van der Waals surface area contributed by atoms with Crippen LogP contribution in [0.2, 0.25) is 0 Å². The van der Waals surface area contributed by atoms with Crippen LogP contribution in [-0.4, -0.2) is 12.1 Å². The summed E-state index contributed by atoms with van der Waals surface area (Å²) in [5.74, 6) is 1.46. The van der Waals surface area contributed by atoms with Gasteiger partial charge in [-0.25, -0.2) is 4.98 Å². The van der Waals surface area contributed by atoms with Crippen LogP contribution in [0.3, 0.4) is 0 Å². The molecule has 0 unspecified atom stereocenters. The molecule has 0 saturated heterocycles. The SMILES string of the molecule is COc1ncccc1COc1ccc(C)cc1. The first-order valence-corrected chi connectivity index (χ1v) is 5.47. The van der Waals surface area contributed by atoms with Crippen molar-refractivity contribution in [3.05, 3.63) is 53.7 Å². The van der Waals surface area contributed by atoms with Crippen molar-refractivity contribution in [3.8, 4) is 11.6 Å². The Bertz CT molecular complexity index is 480. The third-order valence-electron chi connectivity index (χ3n) is 2.46. The molecule has 0 aliphatic carbocycles. The molecule has 88 valence electrons. The number of aryl methyl sites for hydroxylation is 1. The number of rotatable bonds is 4. The average molecular weight is 229 g/mol. The molecule has 0 aliphatic rings. The van der Waals surface area contributed by atoms with E-state index in [9.17, 15) is 0 Å². The Morgan fingerprint density at radius 1 is 1.12 bits per heavy atom. The molecule has 3 heteroatoms. The minimum atomic E-state index is 0.458. The molecule has 0 bridgehead atoms. The molecule has 0 atom stereocenters. The normalized spacial score (nSPS) is 10.0. The second-order valence-corrected chi connectivity index (χ2v) is 3.77. The zero-order valence-corrected chi connectivity index (χ0v) is 10.0. The standard InChI is InChI=1S/C14H15NO2/c1-11-5-7-13(8-6-11)17-10-12-4-3-9-15-14(12)16-2/h3-9H,10H2,1-2H3. The summed E-state index contributed by atoms with van der Waals surface area (Å²) >= 11 is 0. The number of methoxy groups -OCH3 is 1. The van der Waals surface area contributed by atoms with Gasteiger partial charge in [-0.3, -0.25) is 0 Å². The van der Waals surface area contributed by atoms with Gasteiger partial charge in [0.2, 0.25) is 5.88 Å². The summed E-state index contributed by atoms with van der Waals surface area (Å²) in [6.07, 6.45) is 1.70. The maximum atomic E-state index is 5.67. The van der Waals surface area contributed by atoms with E-state index in [0.717, 1.165) is 11.3 Å². The predicted octanol–water partition coefficient (Wildman–Crippen LogP) is 2.98. The Hall–Kier alpha value is -2.03. The molecule has 2 aromatic rings. The first-order valence-electron chi connectivity index (χ1n) is 5.47. The molecule has 0 N–H and O–H groups in total. The summed E-state index contributed by atoms with van der Waals surface area (Å²) in [5, 5.41) is 0. The molecule has 1 aromatic carbocycles. The Morgan fingerprint density at radius 3 is 2.59 bits per heavy atom. The molecule has 2 rings (SSSR count). The van der Waals surface area contributed by atoms with Crippen molar-refractivity contribution in [1.82, 2.24) is 4.98 Å². The summed E-state index contributed by atoms with van der Waals surface area (Å²) in [4.78, 5) is 4.12. The van der Waals surface area contributed by atoms with E-state index in [-0.39, 0.29) is 0 Å². The van der Waals surface area contributed by atoms with Crippen LogP contribution in [0.25, 0.3) is 0 Å². The predicted molar refractivity (Wildman–Crippen MR) is 66.3 cm³/mol. The fraction of sp³-hybridized carbons (Fsp3) is 0.214. The average Bonchev–Trinajstić information content (AvgIpc) is 2.38. The lowest BCUT2D eigenvalue weighted by Gasteiger charge is -2.09. The van der Waals surface area contributed by atoms with E-state index < -0.39 is 0 Å². The molecular formula is C14H15NO2. The second kappa shape index (κ2) is 5.34. The molecule has 1 heterocycles. The highest BCUT2D eigenvalue weighted by Gasteiger charge is 2.03. The Labute approximate surface area is 101 Å². The zero-order valence-electron chi connectivity index (χ0n) is 10.0. The first-order chi connectivity index (χ1) is 8.29. The molecule has 0 aliphatic heterocycles. The minimum Gasteiger partial charge on any atom is -0.489 e. The zero-order chi connectivity index (χ0) is 12.1. The van der Waals surface area contributed by atoms with E-state index in [2.05, 4.69) is 4.98 Å². The lowest BCUT2D eigenvalue weighted by atomic mass is 10.2. The van der Waals surface area contributed by atoms with Crippen LogP contribution in [0.4, 0.5) is 0 Å². The molecule has 0 fully saturated rings. The number of nitrogens with zero attached hydrogens (tertiary/aromatic N) is 1. The van der Waals surface area contributed by atoms with Crippen LogP contribution in [0.5, 0.6) is 11.6 Å². The van der Waals surface area contributed by atoms with E-state index in [1.54, 1.807) is 13.3 Å². The highest BCUT2D eigenvalue weighted by molar-refractivity contribution is 5.28. The molecule has 0 radical (unpaired) electrons. The maximum Gasteiger partial charge on any atom is 0.219 e. The first kappa shape index (κ1) is 11.5. The molecular weight excluding hydrogens is 214 g/mol. The number of hydrogen-bond donors (Lipinski definition) is 0. The van der Waals surface area contributed by atoms with E-state index in [1.807, 2.05) is 43.3 Å². The van der Waals surface area contributed by atoms with Crippen LogP contribution in [-0.2, 0) is 6.61 Å². The van der Waals surface area contributed by atoms with Crippen molar-refractivity contribution in [2.45, 2.75) is 13.5 Å². The van der Waals surface area contributed by atoms with Gasteiger partial charge in [-0.2, -0.15) is 0 Å². The minimum absolute atomic E-state index is 0.458. The largest absolute Gasteiger partial charge is 0.489 e. The summed E-state index contributed by atoms with van der Waals surface area (Å²) in [7, 11) is 1.61. The van der Waals surface area contributed by atoms with Gasteiger partial charge in [0.25, 0.3) is 0 Å². The van der Waals surface area contributed by atoms with Crippen molar-refractivity contribution in [2.75, 3.05) is 7.11 Å². The molecule has 3 nitrogen and oxygen atoms in total. The summed E-state index contributed by atoms with van der Waals surface area (Å²) in [6, 6.07) is 11.8. The second-order valence-electron chi connectivity index (χ2n) is 3.77. The number of hydrogen-bond acceptors (Lipinski definition) is 3. The van der Waals surface area contributed by atoms with Gasteiger partial charge in [0.05, 0.1) is 12.7 Å². The van der Waals surface area contributed by atoms with Gasteiger partial charge in [0.1, 0.15) is 12.4 Å². The summed E-state index contributed by atoms with van der Waals surface area (Å²) in [6.45, 7) is 2.51. The highest BCUT2D eigenvalue weighted by Crippen LogP contribution is 2.18. The van der Waals surface area contributed by atoms with E-state index in [0.29, 0.717) is 12.5 Å². The highest BCUT2D eigenvalue weighted by atomic mass is 16.5. The van der Waals surface area contributed by atoms with Crippen LogP contribution >= 0.6 is 0 Å². The lowest BCUT2D eigenvalue weighted by Crippen LogP contribution is -2.00. The van der Waals surface area contributed by atoms with Crippen LogP contribution in [0, 0.1) is 6.92 Å². The van der Waals surface area contributed by atoms with Gasteiger partial charge in [-0.15, -0.1) is 0 Å². The number of aromatic nitrogens is 1. The molecule has 0 amide bonds. The Morgan fingerprint density at radius 2 is 1.88 bits per heavy atom. The summed E-state index contributed by atoms with van der Waals surface area (Å²) in [5.41, 5.74) is 2.16. The fourth-order valence-electron chi connectivity index (χ4n) is 1.51. The third-order valence-corrected chi connectivity index (χ3v) is 2.46. The van der Waals surface area contributed by atoms with Crippen molar-refractivity contribution in [2.24, 2.45) is 0 Å². The number of pyridine rings is 1. The van der Waals surface area contributed by atoms with Crippen LogP contribution in [0.15, 0.2) is 42.6 Å². The van der Waals surface area contributed by atoms with Crippen molar-refractivity contribution in [3.63, 3.8) is 0 Å². The van der Waals surface area contributed by atoms with E-state index in [4.69, 9.17) is 9.47 Å². The van der Waals surface area contributed by atoms with Gasteiger partial charge in [0, 0.05) is 6.20 Å². The maximum absolute atomic E-state index is 5.67. The molecule has 1 aromatic heterocycles. The van der Waals surface area contributed by atoms with Gasteiger partial charge in [-0.05, 0) is 31.2 Å². The topological polar surface area (TPSA) is 31.4 Å². The van der Waals surface area contributed by atoms with E-state index in [1.165, 1.54) is 5.56 Å². The van der Waals surface area contributed by atoms with Gasteiger partial charge in [-0.1, -0.05) is 17.7 Å². The molecule has 0 spiro atoms. The van der Waals surface area contributed by atoms with Crippen molar-refractivity contribution in [1.29, 1.82) is 0 Å². The Kier molecular flexibility index (Phi) is 3.60. The number of benzene rings is 1. The molecule has 17 heavy (non-hydrogen) atoms. The molecule has 0 saturated carbocycles. The monoisotopic (exact) mass is 229 g/mol. The van der Waals surface area contributed by atoms with Gasteiger partial charge in [0.15, 0.2) is 0 Å². The third kappa shape index (κ3) is 2.97. The Balaban J connectivity index is 2.04. The summed E-state index contributed by atoms with van der Waals surface area (Å²) < 4.78 is 10.8. The quantitative estimate of drug-likeness (QED) is 0.807. The van der Waals surface area contributed by atoms with Gasteiger partial charge < -0.3 is 9.47 Å². The van der Waals surface area contributed by atoms with Crippen LogP contribution in [0.1, 0.15) is 11.1 Å². The fourth-order valence-corrected chi connectivity index (χ4v) is 1.51. The van der Waals surface area contributed by atoms with E-state index >= 15 is 0 Å². The van der Waals surface area contributed by atoms with Gasteiger partial charge >= 0.3 is 0 Å². The van der Waals surface area contributed by atoms with Crippen LogP contribution < -0.4 is 9.47 Å². The van der Waals surface area contributed by atoms with Crippen molar-refractivity contribution >= 4 is 0 Å². The smallest absolute Gasteiger partial charge is 0.219 e. The number of ether oxygens (including phenoxy) is 2.